The Morgan fingerprint density at radius 3 is 2.70 bits per heavy atom. The lowest BCUT2D eigenvalue weighted by Crippen LogP contribution is -2.15. The minimum Gasteiger partial charge on any atom is -0.872 e. The summed E-state index contributed by atoms with van der Waals surface area (Å²) in [7, 11) is 0. The van der Waals surface area contributed by atoms with E-state index >= 15 is 0 Å². The van der Waals surface area contributed by atoms with Crippen molar-refractivity contribution >= 4 is 0 Å². The van der Waals surface area contributed by atoms with Crippen LogP contribution in [-0.2, 0) is 0 Å². The van der Waals surface area contributed by atoms with Crippen molar-refractivity contribution in [2.75, 3.05) is 13.2 Å². The first-order chi connectivity index (χ1) is 11.2. The molecule has 0 amide bonds. The highest BCUT2D eigenvalue weighted by Gasteiger charge is 2.16. The third-order valence-corrected chi connectivity index (χ3v) is 3.90. The summed E-state index contributed by atoms with van der Waals surface area (Å²) in [6.45, 7) is 3.06. The summed E-state index contributed by atoms with van der Waals surface area (Å²) in [6.07, 6.45) is 1.72. The smallest absolute Gasteiger partial charge is 0.161 e. The van der Waals surface area contributed by atoms with E-state index in [0.29, 0.717) is 24.5 Å². The van der Waals surface area contributed by atoms with Crippen molar-refractivity contribution in [1.82, 2.24) is 10.2 Å². The lowest BCUT2D eigenvalue weighted by molar-refractivity contribution is -0.267. The van der Waals surface area contributed by atoms with E-state index in [0.717, 1.165) is 28.1 Å². The molecule has 1 aromatic heterocycles. The molecule has 116 valence electrons. The number of aromatic amines is 1. The molecule has 0 saturated carbocycles. The topological polar surface area (TPSA) is 70.2 Å². The second-order valence-corrected chi connectivity index (χ2v) is 5.52. The van der Waals surface area contributed by atoms with Gasteiger partial charge in [0.25, 0.3) is 0 Å². The molecule has 3 aromatic rings. The summed E-state index contributed by atoms with van der Waals surface area (Å²) in [5.74, 6) is 1.43. The van der Waals surface area contributed by atoms with Crippen LogP contribution in [0.15, 0.2) is 42.6 Å². The Kier molecular flexibility index (Phi) is 3.19. The molecule has 0 spiro atoms. The zero-order valence-electron chi connectivity index (χ0n) is 12.6. The van der Waals surface area contributed by atoms with Gasteiger partial charge in [0.2, 0.25) is 0 Å². The van der Waals surface area contributed by atoms with Crippen LogP contribution in [0, 0.1) is 6.92 Å². The number of rotatable bonds is 2. The van der Waals surface area contributed by atoms with E-state index in [1.54, 1.807) is 12.3 Å². The van der Waals surface area contributed by atoms with Gasteiger partial charge in [-0.1, -0.05) is 35.6 Å². The van der Waals surface area contributed by atoms with Crippen molar-refractivity contribution in [3.8, 4) is 39.6 Å². The highest BCUT2D eigenvalue weighted by atomic mass is 16.6. The SMILES string of the molecule is Cc1ccc([O-])c(-c2[nH]ncc2-c2ccc3c(c2)OCCO3)c1. The Hall–Kier alpha value is -2.95. The zero-order chi connectivity index (χ0) is 15.8. The van der Waals surface area contributed by atoms with Gasteiger partial charge in [-0.2, -0.15) is 5.10 Å². The Bertz CT molecular complexity index is 870. The Morgan fingerprint density at radius 2 is 1.83 bits per heavy atom. The quantitative estimate of drug-likeness (QED) is 0.790. The number of nitrogens with one attached hydrogen (secondary N) is 1. The molecule has 2 heterocycles. The van der Waals surface area contributed by atoms with E-state index in [9.17, 15) is 5.11 Å². The third kappa shape index (κ3) is 2.40. The standard InChI is InChI=1S/C18H16N2O3/c1-11-2-4-15(21)13(8-11)18-14(10-19-20-18)12-3-5-16-17(9-12)23-7-6-22-16/h2-5,8-10,21H,6-7H2,1H3,(H,19,20)/p-1. The molecular formula is C18H15N2O3-. The molecule has 1 aliphatic rings. The number of aromatic nitrogens is 2. The Balaban J connectivity index is 1.82. The number of nitrogens with zero attached hydrogens (tertiary/aromatic N) is 1. The van der Waals surface area contributed by atoms with E-state index in [1.807, 2.05) is 37.3 Å². The van der Waals surface area contributed by atoms with Crippen molar-refractivity contribution in [3.63, 3.8) is 0 Å². The molecule has 2 aromatic carbocycles. The lowest BCUT2D eigenvalue weighted by atomic mass is 9.99. The van der Waals surface area contributed by atoms with Crippen molar-refractivity contribution in [1.29, 1.82) is 0 Å². The fourth-order valence-electron chi connectivity index (χ4n) is 2.76. The van der Waals surface area contributed by atoms with Gasteiger partial charge in [0.1, 0.15) is 13.2 Å². The van der Waals surface area contributed by atoms with Gasteiger partial charge in [0, 0.05) is 5.56 Å². The van der Waals surface area contributed by atoms with Gasteiger partial charge >= 0.3 is 0 Å². The summed E-state index contributed by atoms with van der Waals surface area (Å²) in [4.78, 5) is 0. The van der Waals surface area contributed by atoms with Crippen molar-refractivity contribution < 1.29 is 14.6 Å². The summed E-state index contributed by atoms with van der Waals surface area (Å²) in [6, 6.07) is 11.0. The maximum Gasteiger partial charge on any atom is 0.161 e. The van der Waals surface area contributed by atoms with E-state index in [1.165, 1.54) is 0 Å². The minimum atomic E-state index is -0.0290. The number of fused-ring (bicyclic) bond motifs is 1. The van der Waals surface area contributed by atoms with Gasteiger partial charge in [0.05, 0.1) is 11.9 Å². The molecule has 1 aliphatic heterocycles. The first-order valence-electron chi connectivity index (χ1n) is 7.44. The van der Waals surface area contributed by atoms with Gasteiger partial charge in [-0.05, 0) is 30.2 Å². The zero-order valence-corrected chi connectivity index (χ0v) is 12.6. The molecule has 0 fully saturated rings. The van der Waals surface area contributed by atoms with Crippen molar-refractivity contribution in [2.24, 2.45) is 0 Å². The number of ether oxygens (including phenoxy) is 2. The largest absolute Gasteiger partial charge is 0.872 e. The monoisotopic (exact) mass is 307 g/mol. The molecule has 5 nitrogen and oxygen atoms in total. The van der Waals surface area contributed by atoms with Crippen LogP contribution in [0.2, 0.25) is 0 Å². The van der Waals surface area contributed by atoms with Crippen LogP contribution in [-0.4, -0.2) is 23.4 Å². The van der Waals surface area contributed by atoms with Crippen LogP contribution in [0.25, 0.3) is 22.4 Å². The molecule has 0 saturated heterocycles. The van der Waals surface area contributed by atoms with E-state index in [-0.39, 0.29) is 5.75 Å². The van der Waals surface area contributed by atoms with Crippen LogP contribution in [0.4, 0.5) is 0 Å². The maximum atomic E-state index is 12.2. The van der Waals surface area contributed by atoms with Gasteiger partial charge in [-0.3, -0.25) is 5.10 Å². The van der Waals surface area contributed by atoms with Crippen molar-refractivity contribution in [2.45, 2.75) is 6.92 Å². The minimum absolute atomic E-state index is 0.0290. The lowest BCUT2D eigenvalue weighted by Gasteiger charge is -2.19. The average Bonchev–Trinajstić information content (AvgIpc) is 3.06. The molecule has 4 rings (SSSR count). The molecule has 5 heteroatoms. The third-order valence-electron chi connectivity index (χ3n) is 3.90. The molecule has 23 heavy (non-hydrogen) atoms. The molecule has 0 radical (unpaired) electrons. The van der Waals surface area contributed by atoms with E-state index in [4.69, 9.17) is 9.47 Å². The molecule has 0 unspecified atom stereocenters. The van der Waals surface area contributed by atoms with Gasteiger partial charge in [0.15, 0.2) is 11.5 Å². The van der Waals surface area contributed by atoms with Crippen LogP contribution in [0.3, 0.4) is 0 Å². The van der Waals surface area contributed by atoms with Gasteiger partial charge in [-0.15, -0.1) is 0 Å². The molecular weight excluding hydrogens is 292 g/mol. The second kappa shape index (κ2) is 5.35. The number of aryl methyl sites for hydroxylation is 1. The fraction of sp³-hybridized carbons (Fsp3) is 0.167. The van der Waals surface area contributed by atoms with E-state index < -0.39 is 0 Å². The van der Waals surface area contributed by atoms with Gasteiger partial charge in [-0.25, -0.2) is 0 Å². The first kappa shape index (κ1) is 13.7. The molecule has 1 N–H and O–H groups in total. The van der Waals surface area contributed by atoms with Crippen LogP contribution in [0.1, 0.15) is 5.56 Å². The Labute approximate surface area is 133 Å². The highest BCUT2D eigenvalue weighted by Crippen LogP contribution is 2.39. The van der Waals surface area contributed by atoms with Crippen LogP contribution >= 0.6 is 0 Å². The molecule has 0 aliphatic carbocycles. The summed E-state index contributed by atoms with van der Waals surface area (Å²) in [5, 5.41) is 19.3. The number of benzene rings is 2. The predicted molar refractivity (Wildman–Crippen MR) is 84.6 cm³/mol. The highest BCUT2D eigenvalue weighted by molar-refractivity contribution is 5.83. The number of H-pyrrole nitrogens is 1. The van der Waals surface area contributed by atoms with Crippen molar-refractivity contribution in [3.05, 3.63) is 48.2 Å². The molecule has 0 bridgehead atoms. The number of hydrogen-bond donors (Lipinski definition) is 1. The second-order valence-electron chi connectivity index (χ2n) is 5.52. The number of hydrogen-bond acceptors (Lipinski definition) is 4. The molecule has 0 atom stereocenters. The summed E-state index contributed by atoms with van der Waals surface area (Å²) in [5.41, 5.74) is 4.16. The van der Waals surface area contributed by atoms with Crippen LogP contribution < -0.4 is 14.6 Å². The summed E-state index contributed by atoms with van der Waals surface area (Å²) >= 11 is 0. The maximum absolute atomic E-state index is 12.2. The Morgan fingerprint density at radius 1 is 1.00 bits per heavy atom. The average molecular weight is 307 g/mol. The van der Waals surface area contributed by atoms with Gasteiger partial charge < -0.3 is 14.6 Å². The van der Waals surface area contributed by atoms with E-state index in [2.05, 4.69) is 10.2 Å². The van der Waals surface area contributed by atoms with Crippen LogP contribution in [0.5, 0.6) is 17.2 Å². The fourth-order valence-corrected chi connectivity index (χ4v) is 2.76. The normalized spacial score (nSPS) is 13.1. The first-order valence-corrected chi connectivity index (χ1v) is 7.44. The summed E-state index contributed by atoms with van der Waals surface area (Å²) < 4.78 is 11.2. The predicted octanol–water partition coefficient (Wildman–Crippen LogP) is 2.90.